The van der Waals surface area contributed by atoms with Crippen molar-refractivity contribution in [1.29, 1.82) is 0 Å². The van der Waals surface area contributed by atoms with Crippen molar-refractivity contribution in [3.05, 3.63) is 35.4 Å². The zero-order chi connectivity index (χ0) is 15.3. The number of carbonyl (C=O) groups is 2. The maximum Gasteiger partial charge on any atom is 0.335 e. The molecule has 0 saturated heterocycles. The summed E-state index contributed by atoms with van der Waals surface area (Å²) in [5, 5.41) is 12.1. The van der Waals surface area contributed by atoms with Crippen LogP contribution >= 0.6 is 0 Å². The molecule has 1 fully saturated rings. The number of nitrogens with one attached hydrogen (secondary N) is 1. The zero-order valence-electron chi connectivity index (χ0n) is 12.5. The Kier molecular flexibility index (Phi) is 4.99. The topological polar surface area (TPSA) is 66.4 Å². The summed E-state index contributed by atoms with van der Waals surface area (Å²) < 4.78 is 0. The highest BCUT2D eigenvalue weighted by Crippen LogP contribution is 2.48. The summed E-state index contributed by atoms with van der Waals surface area (Å²) in [5.41, 5.74) is 1.36. The van der Waals surface area contributed by atoms with E-state index in [2.05, 4.69) is 12.2 Å². The van der Waals surface area contributed by atoms with Gasteiger partial charge in [-0.25, -0.2) is 4.79 Å². The molecule has 0 spiro atoms. The number of carboxylic acids is 1. The van der Waals surface area contributed by atoms with E-state index in [0.717, 1.165) is 18.5 Å². The average molecular weight is 289 g/mol. The third-order valence-electron chi connectivity index (χ3n) is 4.27. The molecule has 1 aliphatic rings. The summed E-state index contributed by atoms with van der Waals surface area (Å²) in [6, 6.07) is 6.86. The van der Waals surface area contributed by atoms with Crippen LogP contribution in [0.4, 0.5) is 0 Å². The maximum atomic E-state index is 11.9. The van der Waals surface area contributed by atoms with E-state index in [1.807, 2.05) is 0 Å². The second-order valence-electron chi connectivity index (χ2n) is 5.99. The lowest BCUT2D eigenvalue weighted by Crippen LogP contribution is -2.30. The van der Waals surface area contributed by atoms with Crippen LogP contribution in [0.5, 0.6) is 0 Å². The molecular formula is C17H23NO3. The van der Waals surface area contributed by atoms with Crippen LogP contribution < -0.4 is 5.32 Å². The fourth-order valence-electron chi connectivity index (χ4n) is 2.79. The van der Waals surface area contributed by atoms with Gasteiger partial charge < -0.3 is 10.4 Å². The van der Waals surface area contributed by atoms with Crippen molar-refractivity contribution in [3.63, 3.8) is 0 Å². The van der Waals surface area contributed by atoms with Crippen molar-refractivity contribution < 1.29 is 14.7 Å². The minimum atomic E-state index is -0.939. The molecule has 0 aliphatic heterocycles. The summed E-state index contributed by atoms with van der Waals surface area (Å²) >= 11 is 0. The standard InChI is InChI=1S/C17H23NO3/c1-2-9-17(10-11-17)12-18-15(19)8-7-13-5-3-4-6-14(13)16(20)21/h3-6H,2,7-12H2,1H3,(H,18,19)(H,20,21). The number of rotatable bonds is 8. The summed E-state index contributed by atoms with van der Waals surface area (Å²) in [5.74, 6) is -0.927. The second-order valence-corrected chi connectivity index (χ2v) is 5.99. The third-order valence-corrected chi connectivity index (χ3v) is 4.27. The van der Waals surface area contributed by atoms with Crippen LogP contribution in [0.3, 0.4) is 0 Å². The van der Waals surface area contributed by atoms with Crippen LogP contribution in [0, 0.1) is 5.41 Å². The van der Waals surface area contributed by atoms with Crippen LogP contribution in [0.1, 0.15) is 54.9 Å². The van der Waals surface area contributed by atoms with Gasteiger partial charge in [0.05, 0.1) is 5.56 Å². The van der Waals surface area contributed by atoms with E-state index in [9.17, 15) is 9.59 Å². The number of aromatic carboxylic acids is 1. The Labute approximate surface area is 125 Å². The molecule has 0 radical (unpaired) electrons. The molecule has 4 heteroatoms. The molecule has 114 valence electrons. The van der Waals surface area contributed by atoms with Crippen molar-refractivity contribution in [2.75, 3.05) is 6.54 Å². The van der Waals surface area contributed by atoms with E-state index < -0.39 is 5.97 Å². The van der Waals surface area contributed by atoms with E-state index in [-0.39, 0.29) is 11.5 Å². The first-order valence-electron chi connectivity index (χ1n) is 7.64. The van der Waals surface area contributed by atoms with Gasteiger partial charge in [0.25, 0.3) is 0 Å². The highest BCUT2D eigenvalue weighted by Gasteiger charge is 2.41. The minimum absolute atomic E-state index is 0.0116. The van der Waals surface area contributed by atoms with Gasteiger partial charge in [0, 0.05) is 13.0 Å². The Morgan fingerprint density at radius 3 is 2.62 bits per heavy atom. The maximum absolute atomic E-state index is 11.9. The number of carboxylic acid groups (broad SMARTS) is 1. The van der Waals surface area contributed by atoms with Crippen LogP contribution in [0.2, 0.25) is 0 Å². The van der Waals surface area contributed by atoms with Crippen molar-refractivity contribution in [2.45, 2.75) is 45.4 Å². The first-order valence-corrected chi connectivity index (χ1v) is 7.64. The molecule has 1 amide bonds. The van der Waals surface area contributed by atoms with Gasteiger partial charge in [-0.05, 0) is 42.7 Å². The van der Waals surface area contributed by atoms with Crippen molar-refractivity contribution in [3.8, 4) is 0 Å². The van der Waals surface area contributed by atoms with Crippen LogP contribution in [0.15, 0.2) is 24.3 Å². The molecule has 0 bridgehead atoms. The van der Waals surface area contributed by atoms with E-state index >= 15 is 0 Å². The quantitative estimate of drug-likeness (QED) is 0.773. The van der Waals surface area contributed by atoms with Crippen molar-refractivity contribution >= 4 is 11.9 Å². The van der Waals surface area contributed by atoms with E-state index in [0.29, 0.717) is 18.3 Å². The highest BCUT2D eigenvalue weighted by molar-refractivity contribution is 5.89. The monoisotopic (exact) mass is 289 g/mol. The van der Waals surface area contributed by atoms with Gasteiger partial charge in [-0.1, -0.05) is 31.5 Å². The molecule has 4 nitrogen and oxygen atoms in total. The van der Waals surface area contributed by atoms with E-state index in [1.165, 1.54) is 19.3 Å². The Bertz CT molecular complexity index is 521. The van der Waals surface area contributed by atoms with Crippen molar-refractivity contribution in [2.24, 2.45) is 5.41 Å². The lowest BCUT2D eigenvalue weighted by Gasteiger charge is -2.15. The van der Waals surface area contributed by atoms with Gasteiger partial charge in [-0.15, -0.1) is 0 Å². The molecule has 0 heterocycles. The van der Waals surface area contributed by atoms with Gasteiger partial charge >= 0.3 is 5.97 Å². The SMILES string of the molecule is CCCC1(CNC(=O)CCc2ccccc2C(=O)O)CC1. The molecule has 1 aliphatic carbocycles. The fraction of sp³-hybridized carbons (Fsp3) is 0.529. The normalized spacial score (nSPS) is 15.5. The largest absolute Gasteiger partial charge is 0.478 e. The van der Waals surface area contributed by atoms with Gasteiger partial charge in [-0.2, -0.15) is 0 Å². The third kappa shape index (κ3) is 4.31. The molecule has 1 aromatic rings. The van der Waals surface area contributed by atoms with Crippen molar-refractivity contribution in [1.82, 2.24) is 5.32 Å². The Balaban J connectivity index is 1.80. The molecule has 1 aromatic carbocycles. The lowest BCUT2D eigenvalue weighted by atomic mass is 10.0. The number of hydrogen-bond acceptors (Lipinski definition) is 2. The van der Waals surface area contributed by atoms with E-state index in [1.54, 1.807) is 24.3 Å². The smallest absolute Gasteiger partial charge is 0.335 e. The minimum Gasteiger partial charge on any atom is -0.478 e. The molecule has 2 N–H and O–H groups in total. The highest BCUT2D eigenvalue weighted by atomic mass is 16.4. The Morgan fingerprint density at radius 2 is 2.00 bits per heavy atom. The molecule has 1 saturated carbocycles. The summed E-state index contributed by atoms with van der Waals surface area (Å²) in [6.45, 7) is 2.94. The summed E-state index contributed by atoms with van der Waals surface area (Å²) in [4.78, 5) is 23.0. The number of amides is 1. The molecule has 0 aromatic heterocycles. The first-order chi connectivity index (χ1) is 10.1. The molecule has 2 rings (SSSR count). The summed E-state index contributed by atoms with van der Waals surface area (Å²) in [7, 11) is 0. The molecule has 0 atom stereocenters. The summed E-state index contributed by atoms with van der Waals surface area (Å²) in [6.07, 6.45) is 5.56. The zero-order valence-corrected chi connectivity index (χ0v) is 12.5. The Hall–Kier alpha value is -1.84. The molecule has 0 unspecified atom stereocenters. The number of hydrogen-bond donors (Lipinski definition) is 2. The van der Waals surface area contributed by atoms with Gasteiger partial charge in [0.15, 0.2) is 0 Å². The van der Waals surface area contributed by atoms with Gasteiger partial charge in [0.2, 0.25) is 5.91 Å². The Morgan fingerprint density at radius 1 is 1.29 bits per heavy atom. The number of aryl methyl sites for hydroxylation is 1. The fourth-order valence-corrected chi connectivity index (χ4v) is 2.79. The van der Waals surface area contributed by atoms with Gasteiger partial charge in [-0.3, -0.25) is 4.79 Å². The number of benzene rings is 1. The van der Waals surface area contributed by atoms with Crippen LogP contribution in [-0.2, 0) is 11.2 Å². The van der Waals surface area contributed by atoms with E-state index in [4.69, 9.17) is 5.11 Å². The van der Waals surface area contributed by atoms with Crippen LogP contribution in [-0.4, -0.2) is 23.5 Å². The molecule has 21 heavy (non-hydrogen) atoms. The molecular weight excluding hydrogens is 266 g/mol. The van der Waals surface area contributed by atoms with Crippen LogP contribution in [0.25, 0.3) is 0 Å². The number of carbonyl (C=O) groups excluding carboxylic acids is 1. The predicted molar refractivity (Wildman–Crippen MR) is 81.3 cm³/mol. The second kappa shape index (κ2) is 6.74. The first kappa shape index (κ1) is 15.5. The van der Waals surface area contributed by atoms with Gasteiger partial charge in [0.1, 0.15) is 0 Å². The lowest BCUT2D eigenvalue weighted by molar-refractivity contribution is -0.121. The predicted octanol–water partition coefficient (Wildman–Crippen LogP) is 3.01. The average Bonchev–Trinajstić information content (AvgIpc) is 3.24.